The van der Waals surface area contributed by atoms with E-state index in [9.17, 15) is 22.0 Å². The molecule has 0 aromatic carbocycles. The number of pyridine rings is 1. The lowest BCUT2D eigenvalue weighted by Crippen LogP contribution is -2.25. The van der Waals surface area contributed by atoms with Crippen molar-refractivity contribution in [2.24, 2.45) is 0 Å². The molecule has 0 aliphatic rings. The number of halogens is 5. The minimum atomic E-state index is -4.29. The number of fused-ring (bicyclic) bond motifs is 1. The molecule has 3 aromatic rings. The molecule has 0 fully saturated rings. The molecule has 0 amide bonds. The van der Waals surface area contributed by atoms with Crippen molar-refractivity contribution < 1.29 is 22.0 Å². The van der Waals surface area contributed by atoms with Crippen molar-refractivity contribution in [2.45, 2.75) is 6.18 Å². The predicted molar refractivity (Wildman–Crippen MR) is 92.0 cm³/mol. The second kappa shape index (κ2) is 8.05. The third kappa shape index (κ3) is 5.04. The number of nitrogens with one attached hydrogen (secondary N) is 3. The van der Waals surface area contributed by atoms with Gasteiger partial charge in [-0.2, -0.15) is 13.2 Å². The van der Waals surface area contributed by atoms with Crippen LogP contribution in [0.3, 0.4) is 0 Å². The molecular formula is C15H13F5N6S. The van der Waals surface area contributed by atoms with Gasteiger partial charge in [0.05, 0.1) is 12.4 Å². The Labute approximate surface area is 154 Å². The molecule has 6 nitrogen and oxygen atoms in total. The number of nitrogens with zero attached hydrogens (tertiary/aromatic N) is 3. The van der Waals surface area contributed by atoms with Gasteiger partial charge in [-0.25, -0.2) is 23.7 Å². The summed E-state index contributed by atoms with van der Waals surface area (Å²) in [7, 11) is 0. The van der Waals surface area contributed by atoms with Crippen LogP contribution in [0.5, 0.6) is 0 Å². The van der Waals surface area contributed by atoms with Gasteiger partial charge in [-0.1, -0.05) is 11.9 Å². The van der Waals surface area contributed by atoms with Crippen LogP contribution in [0.25, 0.3) is 22.4 Å². The van der Waals surface area contributed by atoms with Gasteiger partial charge >= 0.3 is 6.18 Å². The first kappa shape index (κ1) is 19.3. The van der Waals surface area contributed by atoms with Crippen LogP contribution in [0, 0.1) is 11.6 Å². The number of aromatic nitrogens is 4. The lowest BCUT2D eigenvalue weighted by atomic mass is 10.2. The summed E-state index contributed by atoms with van der Waals surface area (Å²) >= 11 is 0.857. The van der Waals surface area contributed by atoms with Crippen LogP contribution >= 0.6 is 11.9 Å². The summed E-state index contributed by atoms with van der Waals surface area (Å²) < 4.78 is 65.5. The van der Waals surface area contributed by atoms with Gasteiger partial charge in [-0.3, -0.25) is 4.72 Å². The molecule has 0 saturated heterocycles. The van der Waals surface area contributed by atoms with E-state index in [-0.39, 0.29) is 23.9 Å². The topological polar surface area (TPSA) is 78.5 Å². The number of alkyl halides is 3. The quantitative estimate of drug-likeness (QED) is 0.318. The van der Waals surface area contributed by atoms with Gasteiger partial charge in [0.1, 0.15) is 18.0 Å². The van der Waals surface area contributed by atoms with Crippen molar-refractivity contribution in [3.05, 3.63) is 36.3 Å². The molecule has 0 radical (unpaired) electrons. The number of H-pyrrole nitrogens is 1. The molecule has 3 aromatic heterocycles. The van der Waals surface area contributed by atoms with Crippen LogP contribution in [-0.4, -0.2) is 45.0 Å². The molecule has 144 valence electrons. The third-order valence-electron chi connectivity index (χ3n) is 3.35. The molecule has 0 spiro atoms. The zero-order chi connectivity index (χ0) is 19.4. The first-order valence-electron chi connectivity index (χ1n) is 7.64. The van der Waals surface area contributed by atoms with Gasteiger partial charge in [0.15, 0.2) is 17.5 Å². The van der Waals surface area contributed by atoms with Gasteiger partial charge < -0.3 is 10.3 Å². The Hall–Kier alpha value is -2.47. The molecule has 27 heavy (non-hydrogen) atoms. The molecule has 0 aliphatic carbocycles. The van der Waals surface area contributed by atoms with E-state index in [1.807, 2.05) is 0 Å². The van der Waals surface area contributed by atoms with E-state index in [4.69, 9.17) is 0 Å². The highest BCUT2D eigenvalue weighted by atomic mass is 32.2. The predicted octanol–water partition coefficient (Wildman–Crippen LogP) is 3.51. The van der Waals surface area contributed by atoms with Crippen LogP contribution in [0.2, 0.25) is 0 Å². The Morgan fingerprint density at radius 3 is 2.74 bits per heavy atom. The fourth-order valence-corrected chi connectivity index (χ4v) is 2.82. The van der Waals surface area contributed by atoms with Gasteiger partial charge in [-0.05, 0) is 6.07 Å². The zero-order valence-electron chi connectivity index (χ0n) is 13.6. The number of hydrogen-bond donors (Lipinski definition) is 3. The Morgan fingerprint density at radius 2 is 1.96 bits per heavy atom. The zero-order valence-corrected chi connectivity index (χ0v) is 14.4. The number of anilines is 1. The smallest absolute Gasteiger partial charge is 0.367 e. The van der Waals surface area contributed by atoms with Crippen molar-refractivity contribution in [1.29, 1.82) is 0 Å². The maximum absolute atomic E-state index is 13.9. The van der Waals surface area contributed by atoms with Crippen LogP contribution in [0.15, 0.2) is 24.7 Å². The highest BCUT2D eigenvalue weighted by molar-refractivity contribution is 7.97. The molecular weight excluding hydrogens is 391 g/mol. The van der Waals surface area contributed by atoms with Crippen molar-refractivity contribution in [3.8, 4) is 11.4 Å². The normalized spacial score (nSPS) is 11.9. The van der Waals surface area contributed by atoms with Gasteiger partial charge in [0, 0.05) is 29.4 Å². The molecule has 0 atom stereocenters. The minimum absolute atomic E-state index is 0.102. The van der Waals surface area contributed by atoms with Gasteiger partial charge in [-0.15, -0.1) is 0 Å². The Balaban J connectivity index is 1.66. The lowest BCUT2D eigenvalue weighted by molar-refractivity contribution is -0.120. The summed E-state index contributed by atoms with van der Waals surface area (Å²) in [5.41, 5.74) is 0.877. The van der Waals surface area contributed by atoms with Gasteiger partial charge in [0.2, 0.25) is 0 Å². The molecule has 0 aliphatic heterocycles. The Kier molecular flexibility index (Phi) is 5.75. The number of rotatable bonds is 7. The van der Waals surface area contributed by atoms with Crippen molar-refractivity contribution in [3.63, 3.8) is 0 Å². The Morgan fingerprint density at radius 1 is 1.15 bits per heavy atom. The number of hydrogen-bond acceptors (Lipinski definition) is 6. The lowest BCUT2D eigenvalue weighted by Gasteiger charge is -2.09. The van der Waals surface area contributed by atoms with E-state index in [1.165, 1.54) is 12.3 Å². The third-order valence-corrected chi connectivity index (χ3v) is 4.11. The second-order valence-corrected chi connectivity index (χ2v) is 6.34. The van der Waals surface area contributed by atoms with E-state index < -0.39 is 24.4 Å². The van der Waals surface area contributed by atoms with Crippen molar-refractivity contribution in [2.75, 3.05) is 24.2 Å². The fraction of sp³-hybridized carbons (Fsp3) is 0.267. The molecule has 12 heteroatoms. The van der Waals surface area contributed by atoms with Gasteiger partial charge in [0.25, 0.3) is 0 Å². The summed E-state index contributed by atoms with van der Waals surface area (Å²) in [4.78, 5) is 14.7. The van der Waals surface area contributed by atoms with E-state index >= 15 is 0 Å². The average molecular weight is 404 g/mol. The Bertz CT molecular complexity index is 929. The highest BCUT2D eigenvalue weighted by Gasteiger charge is 2.26. The first-order chi connectivity index (χ1) is 12.8. The molecule has 0 saturated carbocycles. The van der Waals surface area contributed by atoms with Crippen LogP contribution in [-0.2, 0) is 0 Å². The average Bonchev–Trinajstić information content (AvgIpc) is 3.01. The van der Waals surface area contributed by atoms with Crippen LogP contribution in [0.4, 0.5) is 27.8 Å². The van der Waals surface area contributed by atoms with E-state index in [2.05, 4.69) is 30.0 Å². The number of aromatic amines is 1. The summed E-state index contributed by atoms with van der Waals surface area (Å²) in [6.45, 7) is -0.943. The standard InChI is InChI=1S/C15H13F5N6S/c16-8-3-9-10(5-23-12(9)22-4-8)13-24-6-11(17)14(26-13)21-1-2-27-25-7-15(18,19)20/h3-6,25H,1-2,7H2,(H,22,23)(H,21,24,26). The molecule has 0 bridgehead atoms. The second-order valence-electron chi connectivity index (χ2n) is 5.35. The van der Waals surface area contributed by atoms with Crippen LogP contribution in [0.1, 0.15) is 0 Å². The fourth-order valence-electron chi connectivity index (χ4n) is 2.21. The summed E-state index contributed by atoms with van der Waals surface area (Å²) in [5, 5.41) is 3.15. The monoisotopic (exact) mass is 404 g/mol. The summed E-state index contributed by atoms with van der Waals surface area (Å²) in [6.07, 6.45) is -0.732. The van der Waals surface area contributed by atoms with E-state index in [0.29, 0.717) is 16.6 Å². The van der Waals surface area contributed by atoms with E-state index in [0.717, 1.165) is 24.3 Å². The minimum Gasteiger partial charge on any atom is -0.367 e. The summed E-state index contributed by atoms with van der Waals surface area (Å²) in [6, 6.07) is 1.26. The largest absolute Gasteiger partial charge is 0.401 e. The van der Waals surface area contributed by atoms with Crippen molar-refractivity contribution in [1.82, 2.24) is 24.7 Å². The molecule has 3 heterocycles. The van der Waals surface area contributed by atoms with Crippen LogP contribution < -0.4 is 10.0 Å². The van der Waals surface area contributed by atoms with Crippen molar-refractivity contribution >= 4 is 28.8 Å². The molecule has 0 unspecified atom stereocenters. The molecule has 3 N–H and O–H groups in total. The maximum Gasteiger partial charge on any atom is 0.401 e. The maximum atomic E-state index is 13.9. The first-order valence-corrected chi connectivity index (χ1v) is 8.63. The van der Waals surface area contributed by atoms with E-state index in [1.54, 1.807) is 0 Å². The SMILES string of the molecule is Fc1cnc2[nH]cc(-c3ncc(F)c(NCCSNCC(F)(F)F)n3)c2c1. The highest BCUT2D eigenvalue weighted by Crippen LogP contribution is 2.26. The summed E-state index contributed by atoms with van der Waals surface area (Å²) in [5.74, 6) is -0.948. The molecule has 3 rings (SSSR count).